The van der Waals surface area contributed by atoms with Crippen molar-refractivity contribution >= 4 is 29.1 Å². The van der Waals surface area contributed by atoms with Crippen LogP contribution in [0.2, 0.25) is 5.02 Å². The van der Waals surface area contributed by atoms with E-state index in [0.29, 0.717) is 6.42 Å². The Morgan fingerprint density at radius 3 is 2.65 bits per heavy atom. The van der Waals surface area contributed by atoms with Gasteiger partial charge in [0.25, 0.3) is 5.91 Å². The molecule has 1 aromatic carbocycles. The summed E-state index contributed by atoms with van der Waals surface area (Å²) in [5.74, 6) is -1.14. The predicted molar refractivity (Wildman–Crippen MR) is 68.3 cm³/mol. The Morgan fingerprint density at radius 1 is 1.47 bits per heavy atom. The number of amides is 1. The van der Waals surface area contributed by atoms with Crippen LogP contribution in [-0.2, 0) is 0 Å². The summed E-state index contributed by atoms with van der Waals surface area (Å²) in [4.78, 5) is 11.8. The number of alkyl halides is 1. The van der Waals surface area contributed by atoms with E-state index in [2.05, 4.69) is 5.32 Å². The van der Waals surface area contributed by atoms with Crippen LogP contribution < -0.4 is 5.32 Å². The van der Waals surface area contributed by atoms with Gasteiger partial charge in [0.15, 0.2) is 0 Å². The fourth-order valence-corrected chi connectivity index (χ4v) is 2.07. The van der Waals surface area contributed by atoms with Gasteiger partial charge in [0.05, 0.1) is 10.6 Å². The van der Waals surface area contributed by atoms with Gasteiger partial charge in [-0.05, 0) is 32.4 Å². The van der Waals surface area contributed by atoms with Crippen LogP contribution in [0.4, 0.5) is 4.39 Å². The van der Waals surface area contributed by atoms with Gasteiger partial charge in [0, 0.05) is 11.4 Å². The molecular formula is C12H14Cl2FNO. The molecule has 2 atom stereocenters. The maximum atomic E-state index is 13.4. The first-order chi connectivity index (χ1) is 7.91. The van der Waals surface area contributed by atoms with Crippen molar-refractivity contribution in [2.75, 3.05) is 0 Å². The minimum Gasteiger partial charge on any atom is -0.349 e. The van der Waals surface area contributed by atoms with Gasteiger partial charge in [-0.15, -0.1) is 11.6 Å². The molecule has 1 amide bonds. The Morgan fingerprint density at radius 2 is 2.12 bits per heavy atom. The number of rotatable bonds is 4. The van der Waals surface area contributed by atoms with Crippen LogP contribution in [0.15, 0.2) is 18.2 Å². The van der Waals surface area contributed by atoms with Crippen molar-refractivity contribution in [1.29, 1.82) is 0 Å². The van der Waals surface area contributed by atoms with E-state index in [-0.39, 0.29) is 22.0 Å². The van der Waals surface area contributed by atoms with E-state index >= 15 is 0 Å². The van der Waals surface area contributed by atoms with Gasteiger partial charge < -0.3 is 5.32 Å². The molecule has 2 unspecified atom stereocenters. The Balaban J connectivity index is 2.77. The van der Waals surface area contributed by atoms with Crippen LogP contribution in [0.1, 0.15) is 30.6 Å². The molecule has 1 N–H and O–H groups in total. The molecule has 2 nitrogen and oxygen atoms in total. The van der Waals surface area contributed by atoms with Crippen molar-refractivity contribution in [2.24, 2.45) is 0 Å². The quantitative estimate of drug-likeness (QED) is 0.837. The van der Waals surface area contributed by atoms with Gasteiger partial charge in [-0.1, -0.05) is 17.7 Å². The molecule has 0 heterocycles. The van der Waals surface area contributed by atoms with E-state index in [1.165, 1.54) is 18.2 Å². The highest BCUT2D eigenvalue weighted by atomic mass is 35.5. The molecule has 0 aliphatic heterocycles. The molecule has 5 heteroatoms. The Bertz CT molecular complexity index is 389. The molecular weight excluding hydrogens is 264 g/mol. The number of carbonyl (C=O) groups is 1. The van der Waals surface area contributed by atoms with E-state index in [1.54, 1.807) is 0 Å². The molecule has 0 radical (unpaired) electrons. The monoisotopic (exact) mass is 277 g/mol. The zero-order valence-corrected chi connectivity index (χ0v) is 11.1. The van der Waals surface area contributed by atoms with Crippen molar-refractivity contribution in [3.63, 3.8) is 0 Å². The average Bonchev–Trinajstić information content (AvgIpc) is 2.15. The molecule has 0 aliphatic rings. The molecule has 0 aliphatic carbocycles. The molecule has 0 aromatic heterocycles. The number of carbonyl (C=O) groups excluding carboxylic acids is 1. The third-order valence-electron chi connectivity index (χ3n) is 2.25. The minimum atomic E-state index is -0.624. The molecule has 0 fully saturated rings. The standard InChI is InChI=1S/C12H14Cl2FNO/c1-7(13)6-8(2)16-12(17)11-9(14)4-3-5-10(11)15/h3-5,7-8H,6H2,1-2H3,(H,16,17). The van der Waals surface area contributed by atoms with Crippen LogP contribution >= 0.6 is 23.2 Å². The summed E-state index contributed by atoms with van der Waals surface area (Å²) in [6.07, 6.45) is 0.610. The van der Waals surface area contributed by atoms with E-state index in [0.717, 1.165) is 0 Å². The zero-order valence-electron chi connectivity index (χ0n) is 9.64. The smallest absolute Gasteiger partial charge is 0.255 e. The van der Waals surface area contributed by atoms with Crippen molar-refractivity contribution in [2.45, 2.75) is 31.7 Å². The normalized spacial score (nSPS) is 14.2. The summed E-state index contributed by atoms with van der Waals surface area (Å²) in [6, 6.07) is 4.01. The second-order valence-corrected chi connectivity index (χ2v) is 5.14. The molecule has 0 saturated heterocycles. The number of hydrogen-bond donors (Lipinski definition) is 1. The van der Waals surface area contributed by atoms with Gasteiger partial charge >= 0.3 is 0 Å². The van der Waals surface area contributed by atoms with Crippen LogP contribution in [0.5, 0.6) is 0 Å². The summed E-state index contributed by atoms with van der Waals surface area (Å²) in [5.41, 5.74) is -0.122. The van der Waals surface area contributed by atoms with Crippen LogP contribution in [0.3, 0.4) is 0 Å². The average molecular weight is 278 g/mol. The summed E-state index contributed by atoms with van der Waals surface area (Å²) in [5, 5.41) is 2.71. The molecule has 0 spiro atoms. The Kier molecular flexibility index (Phi) is 5.22. The van der Waals surface area contributed by atoms with Gasteiger partial charge in [0.2, 0.25) is 0 Å². The van der Waals surface area contributed by atoms with E-state index in [1.807, 2.05) is 13.8 Å². The second-order valence-electron chi connectivity index (χ2n) is 3.99. The van der Waals surface area contributed by atoms with Crippen LogP contribution in [0, 0.1) is 5.82 Å². The highest BCUT2D eigenvalue weighted by Gasteiger charge is 2.17. The first-order valence-corrected chi connectivity index (χ1v) is 6.12. The summed E-state index contributed by atoms with van der Waals surface area (Å²) < 4.78 is 13.4. The summed E-state index contributed by atoms with van der Waals surface area (Å²) >= 11 is 11.6. The lowest BCUT2D eigenvalue weighted by molar-refractivity contribution is 0.0934. The van der Waals surface area contributed by atoms with Crippen molar-refractivity contribution < 1.29 is 9.18 Å². The predicted octanol–water partition coefficient (Wildman–Crippen LogP) is 3.61. The van der Waals surface area contributed by atoms with Gasteiger partial charge in [-0.2, -0.15) is 0 Å². The maximum absolute atomic E-state index is 13.4. The SMILES string of the molecule is CC(Cl)CC(C)NC(=O)c1c(F)cccc1Cl. The summed E-state index contributed by atoms with van der Waals surface area (Å²) in [6.45, 7) is 3.64. The maximum Gasteiger partial charge on any atom is 0.255 e. The van der Waals surface area contributed by atoms with E-state index in [4.69, 9.17) is 23.2 Å². The number of hydrogen-bond acceptors (Lipinski definition) is 1. The van der Waals surface area contributed by atoms with Crippen LogP contribution in [0.25, 0.3) is 0 Å². The number of nitrogens with one attached hydrogen (secondary N) is 1. The fraction of sp³-hybridized carbons (Fsp3) is 0.417. The molecule has 94 valence electrons. The van der Waals surface area contributed by atoms with Crippen molar-refractivity contribution in [3.8, 4) is 0 Å². The highest BCUT2D eigenvalue weighted by molar-refractivity contribution is 6.33. The fourth-order valence-electron chi connectivity index (χ4n) is 1.56. The largest absolute Gasteiger partial charge is 0.349 e. The van der Waals surface area contributed by atoms with Crippen LogP contribution in [-0.4, -0.2) is 17.3 Å². The lowest BCUT2D eigenvalue weighted by Gasteiger charge is -2.15. The van der Waals surface area contributed by atoms with Gasteiger partial charge in [-0.3, -0.25) is 4.79 Å². The van der Waals surface area contributed by atoms with E-state index in [9.17, 15) is 9.18 Å². The lowest BCUT2D eigenvalue weighted by atomic mass is 10.1. The Hall–Kier alpha value is -0.800. The highest BCUT2D eigenvalue weighted by Crippen LogP contribution is 2.19. The van der Waals surface area contributed by atoms with Crippen molar-refractivity contribution in [3.05, 3.63) is 34.6 Å². The lowest BCUT2D eigenvalue weighted by Crippen LogP contribution is -2.34. The topological polar surface area (TPSA) is 29.1 Å². The first kappa shape index (κ1) is 14.3. The molecule has 0 bridgehead atoms. The third kappa shape index (κ3) is 4.17. The Labute approximate surface area is 110 Å². The minimum absolute atomic E-state index is 0.0543. The molecule has 17 heavy (non-hydrogen) atoms. The summed E-state index contributed by atoms with van der Waals surface area (Å²) in [7, 11) is 0. The van der Waals surface area contributed by atoms with Gasteiger partial charge in [-0.25, -0.2) is 4.39 Å². The first-order valence-electron chi connectivity index (χ1n) is 5.30. The second kappa shape index (κ2) is 6.22. The van der Waals surface area contributed by atoms with E-state index < -0.39 is 11.7 Å². The third-order valence-corrected chi connectivity index (χ3v) is 2.74. The zero-order chi connectivity index (χ0) is 13.0. The molecule has 1 aromatic rings. The van der Waals surface area contributed by atoms with Crippen molar-refractivity contribution in [1.82, 2.24) is 5.32 Å². The number of halogens is 3. The molecule has 0 saturated carbocycles. The number of benzene rings is 1. The van der Waals surface area contributed by atoms with Gasteiger partial charge in [0.1, 0.15) is 5.82 Å². The molecule has 1 rings (SSSR count).